The fourth-order valence-electron chi connectivity index (χ4n) is 3.02. The molecule has 0 saturated heterocycles. The Labute approximate surface area is 156 Å². The van der Waals surface area contributed by atoms with E-state index in [-0.39, 0.29) is 5.04 Å². The van der Waals surface area contributed by atoms with Crippen molar-refractivity contribution in [2.75, 3.05) is 6.61 Å². The van der Waals surface area contributed by atoms with Crippen LogP contribution in [-0.4, -0.2) is 14.9 Å². The molecule has 1 atom stereocenters. The Balaban J connectivity index is 2.23. The summed E-state index contributed by atoms with van der Waals surface area (Å²) >= 11 is 0. The third-order valence-corrected chi connectivity index (χ3v) is 10.4. The largest absolute Gasteiger partial charge is 0.416 e. The molecule has 138 valence electrons. The summed E-state index contributed by atoms with van der Waals surface area (Å²) in [7, 11) is -1.71. The van der Waals surface area contributed by atoms with E-state index in [0.29, 0.717) is 11.8 Å². The molecule has 1 aromatic rings. The third-order valence-electron chi connectivity index (χ3n) is 5.86. The Morgan fingerprint density at radius 3 is 2.24 bits per heavy atom. The van der Waals surface area contributed by atoms with Gasteiger partial charge >= 0.3 is 0 Å². The molecular weight excluding hydrogens is 320 g/mol. The van der Waals surface area contributed by atoms with E-state index in [9.17, 15) is 0 Å². The van der Waals surface area contributed by atoms with Crippen molar-refractivity contribution >= 4 is 13.9 Å². The van der Waals surface area contributed by atoms with Crippen molar-refractivity contribution in [3.63, 3.8) is 0 Å². The molecule has 0 bridgehead atoms. The molecule has 1 nitrogen and oxygen atoms in total. The summed E-state index contributed by atoms with van der Waals surface area (Å²) in [6, 6.07) is 10.8. The zero-order valence-corrected chi connectivity index (χ0v) is 18.2. The highest BCUT2D eigenvalue weighted by atomic mass is 28.4. The Hall–Kier alpha value is -1.12. The lowest BCUT2D eigenvalue weighted by Gasteiger charge is -2.37. The van der Waals surface area contributed by atoms with E-state index in [1.54, 1.807) is 5.57 Å². The SMILES string of the molecule is CC(C)C1=CC(CO[Si](C)(C)C(C)(C)C)C=C(c2ccccc2)CC1. The molecule has 0 spiro atoms. The smallest absolute Gasteiger partial charge is 0.192 e. The van der Waals surface area contributed by atoms with E-state index in [1.807, 2.05) is 0 Å². The van der Waals surface area contributed by atoms with Gasteiger partial charge in [0.25, 0.3) is 0 Å². The van der Waals surface area contributed by atoms with Gasteiger partial charge in [0.15, 0.2) is 8.32 Å². The van der Waals surface area contributed by atoms with E-state index in [0.717, 1.165) is 19.4 Å². The summed E-state index contributed by atoms with van der Waals surface area (Å²) < 4.78 is 6.55. The van der Waals surface area contributed by atoms with Gasteiger partial charge in [0.1, 0.15) is 0 Å². The van der Waals surface area contributed by atoms with Gasteiger partial charge in [-0.2, -0.15) is 0 Å². The zero-order valence-electron chi connectivity index (χ0n) is 17.2. The van der Waals surface area contributed by atoms with Gasteiger partial charge in [-0.3, -0.25) is 0 Å². The second-order valence-corrected chi connectivity index (χ2v) is 14.0. The van der Waals surface area contributed by atoms with Crippen molar-refractivity contribution in [3.8, 4) is 0 Å². The van der Waals surface area contributed by atoms with Gasteiger partial charge < -0.3 is 4.43 Å². The van der Waals surface area contributed by atoms with Crippen molar-refractivity contribution in [1.82, 2.24) is 0 Å². The number of hydrogen-bond donors (Lipinski definition) is 0. The molecule has 2 heteroatoms. The molecule has 0 radical (unpaired) electrons. The third kappa shape index (κ3) is 5.42. The van der Waals surface area contributed by atoms with Gasteiger partial charge in [0, 0.05) is 12.5 Å². The van der Waals surface area contributed by atoms with Gasteiger partial charge in [-0.25, -0.2) is 0 Å². The minimum Gasteiger partial charge on any atom is -0.416 e. The van der Waals surface area contributed by atoms with Crippen molar-refractivity contribution in [1.29, 1.82) is 0 Å². The van der Waals surface area contributed by atoms with E-state index in [1.165, 1.54) is 11.1 Å². The van der Waals surface area contributed by atoms with Crippen LogP contribution < -0.4 is 0 Å². The van der Waals surface area contributed by atoms with Crippen molar-refractivity contribution in [2.45, 2.75) is 65.6 Å². The van der Waals surface area contributed by atoms with E-state index in [4.69, 9.17) is 4.43 Å². The van der Waals surface area contributed by atoms with Crippen LogP contribution in [0.5, 0.6) is 0 Å². The lowest BCUT2D eigenvalue weighted by Crippen LogP contribution is -2.41. The number of rotatable bonds is 5. The second kappa shape index (κ2) is 8.05. The van der Waals surface area contributed by atoms with Crippen LogP contribution in [0.1, 0.15) is 53.0 Å². The number of hydrogen-bond acceptors (Lipinski definition) is 1. The molecule has 25 heavy (non-hydrogen) atoms. The van der Waals surface area contributed by atoms with Crippen LogP contribution in [0.25, 0.3) is 5.57 Å². The van der Waals surface area contributed by atoms with Crippen LogP contribution in [0.3, 0.4) is 0 Å². The molecule has 1 aromatic carbocycles. The van der Waals surface area contributed by atoms with E-state index < -0.39 is 8.32 Å². The average molecular weight is 357 g/mol. The average Bonchev–Trinajstić information content (AvgIpc) is 2.76. The minimum atomic E-state index is -1.71. The summed E-state index contributed by atoms with van der Waals surface area (Å²) in [5, 5.41) is 0.258. The molecule has 1 aliphatic rings. The van der Waals surface area contributed by atoms with Crippen molar-refractivity contribution in [3.05, 3.63) is 53.6 Å². The molecule has 0 aliphatic heterocycles. The highest BCUT2D eigenvalue weighted by molar-refractivity contribution is 6.74. The molecule has 0 fully saturated rings. The van der Waals surface area contributed by atoms with Gasteiger partial charge in [-0.1, -0.05) is 82.7 Å². The summed E-state index contributed by atoms with van der Waals surface area (Å²) in [6.45, 7) is 17.1. The predicted octanol–water partition coefficient (Wildman–Crippen LogP) is 7.08. The Morgan fingerprint density at radius 1 is 1.04 bits per heavy atom. The standard InChI is InChI=1S/C23H36OSi/c1-18(2)21-13-14-22(20-11-9-8-10-12-20)16-19(15-21)17-24-25(6,7)23(3,4)5/h8-12,15-16,18-19H,13-14,17H2,1-7H3. The number of allylic oxidation sites excluding steroid dienone is 2. The lowest BCUT2D eigenvalue weighted by molar-refractivity contribution is 0.269. The fraction of sp³-hybridized carbons (Fsp3) is 0.565. The first-order valence-electron chi connectivity index (χ1n) is 9.71. The highest BCUT2D eigenvalue weighted by Gasteiger charge is 2.37. The highest BCUT2D eigenvalue weighted by Crippen LogP contribution is 2.38. The topological polar surface area (TPSA) is 9.23 Å². The quantitative estimate of drug-likeness (QED) is 0.404. The molecular formula is C23H36OSi. The zero-order chi connectivity index (χ0) is 18.7. The first-order valence-corrected chi connectivity index (χ1v) is 12.6. The monoisotopic (exact) mass is 356 g/mol. The maximum absolute atomic E-state index is 6.55. The molecule has 0 aromatic heterocycles. The van der Waals surface area contributed by atoms with Crippen LogP contribution in [0.15, 0.2) is 48.1 Å². The van der Waals surface area contributed by atoms with E-state index in [2.05, 4.69) is 90.2 Å². The van der Waals surface area contributed by atoms with Crippen LogP contribution in [0, 0.1) is 11.8 Å². The predicted molar refractivity (Wildman–Crippen MR) is 113 cm³/mol. The Kier molecular flexibility index (Phi) is 6.50. The van der Waals surface area contributed by atoms with Gasteiger partial charge in [0.05, 0.1) is 0 Å². The Morgan fingerprint density at radius 2 is 1.68 bits per heavy atom. The first-order chi connectivity index (χ1) is 11.6. The maximum Gasteiger partial charge on any atom is 0.192 e. The van der Waals surface area contributed by atoms with Crippen LogP contribution >= 0.6 is 0 Å². The van der Waals surface area contributed by atoms with Crippen molar-refractivity contribution in [2.24, 2.45) is 11.8 Å². The molecule has 2 rings (SSSR count). The summed E-state index contributed by atoms with van der Waals surface area (Å²) in [5.74, 6) is 0.989. The van der Waals surface area contributed by atoms with E-state index >= 15 is 0 Å². The lowest BCUT2D eigenvalue weighted by atomic mass is 9.95. The Bertz CT molecular complexity index is 617. The maximum atomic E-state index is 6.55. The normalized spacial score (nSPS) is 19.4. The molecule has 1 aliphatic carbocycles. The van der Waals surface area contributed by atoms with Crippen molar-refractivity contribution < 1.29 is 4.43 Å². The number of benzene rings is 1. The van der Waals surface area contributed by atoms with Gasteiger partial charge in [0.2, 0.25) is 0 Å². The van der Waals surface area contributed by atoms with Crippen LogP contribution in [0.4, 0.5) is 0 Å². The summed E-state index contributed by atoms with van der Waals surface area (Å²) in [5.41, 5.74) is 4.40. The van der Waals surface area contributed by atoms with Crippen LogP contribution in [-0.2, 0) is 4.43 Å². The minimum absolute atomic E-state index is 0.258. The molecule has 0 amide bonds. The molecule has 0 heterocycles. The molecule has 0 N–H and O–H groups in total. The molecule has 1 unspecified atom stereocenters. The second-order valence-electron chi connectivity index (χ2n) is 9.19. The van der Waals surface area contributed by atoms with Crippen LogP contribution in [0.2, 0.25) is 18.1 Å². The summed E-state index contributed by atoms with van der Waals surface area (Å²) in [4.78, 5) is 0. The van der Waals surface area contributed by atoms with Gasteiger partial charge in [-0.05, 0) is 48.0 Å². The fourth-order valence-corrected chi connectivity index (χ4v) is 4.06. The first kappa shape index (κ1) is 20.2. The van der Waals surface area contributed by atoms with Gasteiger partial charge in [-0.15, -0.1) is 0 Å². The molecule has 0 saturated carbocycles. The summed E-state index contributed by atoms with van der Waals surface area (Å²) in [6.07, 6.45) is 7.23.